The van der Waals surface area contributed by atoms with Crippen LogP contribution in [-0.4, -0.2) is 24.5 Å². The summed E-state index contributed by atoms with van der Waals surface area (Å²) < 4.78 is 5.73. The second-order valence-electron chi connectivity index (χ2n) is 5.65. The Morgan fingerprint density at radius 1 is 1.00 bits per heavy atom. The van der Waals surface area contributed by atoms with Crippen LogP contribution >= 0.6 is 0 Å². The lowest BCUT2D eigenvalue weighted by atomic mass is 10.2. The third-order valence-electron chi connectivity index (χ3n) is 3.63. The van der Waals surface area contributed by atoms with Gasteiger partial charge in [-0.1, -0.05) is 32.0 Å². The first-order valence-corrected chi connectivity index (χ1v) is 8.54. The van der Waals surface area contributed by atoms with Gasteiger partial charge >= 0.3 is 0 Å². The molecule has 0 aliphatic rings. The van der Waals surface area contributed by atoms with Gasteiger partial charge in [-0.15, -0.1) is 0 Å². The minimum Gasteiger partial charge on any atom is -0.481 e. The van der Waals surface area contributed by atoms with Crippen LogP contribution in [0.1, 0.15) is 37.0 Å². The third-order valence-corrected chi connectivity index (χ3v) is 3.63. The van der Waals surface area contributed by atoms with E-state index >= 15 is 0 Å². The number of hydrogen-bond acceptors (Lipinski definition) is 3. The van der Waals surface area contributed by atoms with Crippen molar-refractivity contribution < 1.29 is 14.3 Å². The molecule has 0 heterocycles. The van der Waals surface area contributed by atoms with Gasteiger partial charge in [0.05, 0.1) is 0 Å². The molecule has 2 aromatic carbocycles. The highest BCUT2D eigenvalue weighted by Gasteiger charge is 2.18. The number of carbonyl (C=O) groups is 2. The van der Waals surface area contributed by atoms with E-state index in [1.807, 2.05) is 44.2 Å². The molecule has 132 valence electrons. The summed E-state index contributed by atoms with van der Waals surface area (Å²) in [7, 11) is 0. The number of benzene rings is 2. The van der Waals surface area contributed by atoms with E-state index in [0.29, 0.717) is 30.0 Å². The maximum Gasteiger partial charge on any atom is 0.265 e. The molecular weight excluding hydrogens is 316 g/mol. The Hall–Kier alpha value is -2.82. The maximum atomic E-state index is 12.4. The molecule has 1 atom stereocenters. The summed E-state index contributed by atoms with van der Waals surface area (Å²) in [4.78, 5) is 24.3. The highest BCUT2D eigenvalue weighted by Crippen LogP contribution is 2.15. The van der Waals surface area contributed by atoms with E-state index in [1.165, 1.54) is 0 Å². The van der Waals surface area contributed by atoms with Crippen molar-refractivity contribution in [1.29, 1.82) is 0 Å². The largest absolute Gasteiger partial charge is 0.481 e. The predicted octanol–water partition coefficient (Wildman–Crippen LogP) is 3.62. The van der Waals surface area contributed by atoms with E-state index in [9.17, 15) is 9.59 Å². The van der Waals surface area contributed by atoms with E-state index < -0.39 is 6.10 Å². The quantitative estimate of drug-likeness (QED) is 0.771. The molecule has 2 N–H and O–H groups in total. The summed E-state index contributed by atoms with van der Waals surface area (Å²) in [5, 5.41) is 5.64. The number of hydrogen-bond donors (Lipinski definition) is 2. The highest BCUT2D eigenvalue weighted by atomic mass is 16.5. The Morgan fingerprint density at radius 3 is 2.28 bits per heavy atom. The van der Waals surface area contributed by atoms with Gasteiger partial charge < -0.3 is 15.4 Å². The van der Waals surface area contributed by atoms with Crippen LogP contribution in [0.15, 0.2) is 54.6 Å². The van der Waals surface area contributed by atoms with Crippen LogP contribution in [0.4, 0.5) is 5.69 Å². The van der Waals surface area contributed by atoms with Crippen molar-refractivity contribution in [3.8, 4) is 5.75 Å². The lowest BCUT2D eigenvalue weighted by Gasteiger charge is -2.17. The first-order valence-electron chi connectivity index (χ1n) is 8.54. The second-order valence-corrected chi connectivity index (χ2v) is 5.65. The SMILES string of the molecule is CCCNC(=O)c1ccc(NC(=O)[C@H](CC)Oc2ccccc2)cc1. The maximum absolute atomic E-state index is 12.4. The van der Waals surface area contributed by atoms with Crippen molar-refractivity contribution >= 4 is 17.5 Å². The van der Waals surface area contributed by atoms with Gasteiger partial charge in [0.25, 0.3) is 11.8 Å². The molecule has 0 saturated heterocycles. The molecule has 2 rings (SSSR count). The molecular formula is C20H24N2O3. The number of nitrogens with one attached hydrogen (secondary N) is 2. The fraction of sp³-hybridized carbons (Fsp3) is 0.300. The van der Waals surface area contributed by atoms with E-state index in [1.54, 1.807) is 24.3 Å². The van der Waals surface area contributed by atoms with Crippen LogP contribution in [-0.2, 0) is 4.79 Å². The number of anilines is 1. The Balaban J connectivity index is 1.95. The zero-order valence-electron chi connectivity index (χ0n) is 14.6. The molecule has 0 bridgehead atoms. The van der Waals surface area contributed by atoms with E-state index in [0.717, 1.165) is 6.42 Å². The van der Waals surface area contributed by atoms with Crippen LogP contribution in [0.5, 0.6) is 5.75 Å². The number of ether oxygens (including phenoxy) is 1. The first kappa shape index (κ1) is 18.5. The Labute approximate surface area is 148 Å². The zero-order chi connectivity index (χ0) is 18.1. The van der Waals surface area contributed by atoms with Gasteiger partial charge in [-0.25, -0.2) is 0 Å². The fourth-order valence-electron chi connectivity index (χ4n) is 2.25. The first-order chi connectivity index (χ1) is 12.1. The third kappa shape index (κ3) is 5.64. The van der Waals surface area contributed by atoms with Gasteiger partial charge in [0, 0.05) is 17.8 Å². The normalized spacial score (nSPS) is 11.4. The molecule has 0 aliphatic heterocycles. The summed E-state index contributed by atoms with van der Waals surface area (Å²) in [6, 6.07) is 16.1. The zero-order valence-corrected chi connectivity index (χ0v) is 14.6. The summed E-state index contributed by atoms with van der Waals surface area (Å²) in [5.74, 6) is 0.334. The van der Waals surface area contributed by atoms with E-state index in [4.69, 9.17) is 4.74 Å². The molecule has 0 saturated carbocycles. The van der Waals surface area contributed by atoms with Gasteiger partial charge in [0.15, 0.2) is 6.10 Å². The van der Waals surface area contributed by atoms with Crippen LogP contribution in [0.2, 0.25) is 0 Å². The topological polar surface area (TPSA) is 67.4 Å². The van der Waals surface area contributed by atoms with Gasteiger partial charge in [-0.2, -0.15) is 0 Å². The molecule has 0 aliphatic carbocycles. The van der Waals surface area contributed by atoms with Crippen LogP contribution in [0, 0.1) is 0 Å². The van der Waals surface area contributed by atoms with Crippen molar-refractivity contribution in [2.45, 2.75) is 32.8 Å². The number of amides is 2. The molecule has 0 spiro atoms. The van der Waals surface area contributed by atoms with Crippen LogP contribution in [0.25, 0.3) is 0 Å². The summed E-state index contributed by atoms with van der Waals surface area (Å²) >= 11 is 0. The molecule has 25 heavy (non-hydrogen) atoms. The van der Waals surface area contributed by atoms with E-state index in [2.05, 4.69) is 10.6 Å². The molecule has 0 aromatic heterocycles. The number of rotatable bonds is 8. The average Bonchev–Trinajstić information content (AvgIpc) is 2.65. The minimum atomic E-state index is -0.574. The van der Waals surface area contributed by atoms with Crippen molar-refractivity contribution in [3.63, 3.8) is 0 Å². The minimum absolute atomic E-state index is 0.112. The average molecular weight is 340 g/mol. The molecule has 0 radical (unpaired) electrons. The van der Waals surface area contributed by atoms with Crippen molar-refractivity contribution in [1.82, 2.24) is 5.32 Å². The summed E-state index contributed by atoms with van der Waals surface area (Å²) in [5.41, 5.74) is 1.20. The lowest BCUT2D eigenvalue weighted by molar-refractivity contribution is -0.122. The Kier molecular flexibility index (Phi) is 7.01. The standard InChI is InChI=1S/C20H24N2O3/c1-3-14-21-19(23)15-10-12-16(13-11-15)22-20(24)18(4-2)25-17-8-6-5-7-9-17/h5-13,18H,3-4,14H2,1-2H3,(H,21,23)(H,22,24)/t18-/m0/s1. The molecule has 0 fully saturated rings. The molecule has 2 amide bonds. The molecule has 5 nitrogen and oxygen atoms in total. The summed E-state index contributed by atoms with van der Waals surface area (Å²) in [6.07, 6.45) is 0.868. The van der Waals surface area contributed by atoms with Gasteiger partial charge in [-0.3, -0.25) is 9.59 Å². The number of carbonyl (C=O) groups excluding carboxylic acids is 2. The van der Waals surface area contributed by atoms with Gasteiger partial charge in [-0.05, 0) is 49.2 Å². The van der Waals surface area contributed by atoms with Crippen LogP contribution in [0.3, 0.4) is 0 Å². The van der Waals surface area contributed by atoms with Crippen molar-refractivity contribution in [3.05, 3.63) is 60.2 Å². The molecule has 0 unspecified atom stereocenters. The Bertz CT molecular complexity index is 684. The van der Waals surface area contributed by atoms with Gasteiger partial charge in [0.1, 0.15) is 5.75 Å². The molecule has 2 aromatic rings. The smallest absolute Gasteiger partial charge is 0.265 e. The predicted molar refractivity (Wildman–Crippen MR) is 98.8 cm³/mol. The lowest BCUT2D eigenvalue weighted by Crippen LogP contribution is -2.32. The fourth-order valence-corrected chi connectivity index (χ4v) is 2.25. The Morgan fingerprint density at radius 2 is 1.68 bits per heavy atom. The van der Waals surface area contributed by atoms with Crippen molar-refractivity contribution in [2.24, 2.45) is 0 Å². The highest BCUT2D eigenvalue weighted by molar-refractivity contribution is 5.96. The van der Waals surface area contributed by atoms with E-state index in [-0.39, 0.29) is 11.8 Å². The monoisotopic (exact) mass is 340 g/mol. The number of para-hydroxylation sites is 1. The summed E-state index contributed by atoms with van der Waals surface area (Å²) in [6.45, 7) is 4.54. The van der Waals surface area contributed by atoms with Gasteiger partial charge in [0.2, 0.25) is 0 Å². The van der Waals surface area contributed by atoms with Crippen molar-refractivity contribution in [2.75, 3.05) is 11.9 Å². The van der Waals surface area contributed by atoms with Crippen LogP contribution < -0.4 is 15.4 Å². The molecule has 5 heteroatoms. The second kappa shape index (κ2) is 9.47.